The maximum absolute atomic E-state index is 11.2. The van der Waals surface area contributed by atoms with Gasteiger partial charge in [-0.2, -0.15) is 0 Å². The van der Waals surface area contributed by atoms with E-state index in [1.54, 1.807) is 0 Å². The molecule has 78 valence electrons. The third-order valence-corrected chi connectivity index (χ3v) is 2.84. The second-order valence-corrected chi connectivity index (χ2v) is 4.19. The van der Waals surface area contributed by atoms with Crippen molar-refractivity contribution in [3.8, 4) is 0 Å². The lowest BCUT2D eigenvalue weighted by Gasteiger charge is -2.25. The molecule has 0 spiro atoms. The molecule has 1 fully saturated rings. The summed E-state index contributed by atoms with van der Waals surface area (Å²) in [5.74, 6) is -0.625. The van der Waals surface area contributed by atoms with Crippen molar-refractivity contribution >= 4 is 13.7 Å². The van der Waals surface area contributed by atoms with Gasteiger partial charge in [-0.1, -0.05) is 0 Å². The van der Waals surface area contributed by atoms with E-state index >= 15 is 0 Å². The summed E-state index contributed by atoms with van der Waals surface area (Å²) in [6, 6.07) is 0. The topological polar surface area (TPSA) is 94.1 Å². The number of phosphoric acid groups is 1. The minimum Gasteiger partial charge on any atom is -0.396 e. The fourth-order valence-electron chi connectivity index (χ4n) is 1.08. The summed E-state index contributed by atoms with van der Waals surface area (Å²) in [7, 11) is -3.55. The molecule has 0 unspecified atom stereocenters. The van der Waals surface area contributed by atoms with Crippen LogP contribution in [-0.4, -0.2) is 17.6 Å². The van der Waals surface area contributed by atoms with Crippen LogP contribution in [0.3, 0.4) is 0 Å². The van der Waals surface area contributed by atoms with Gasteiger partial charge in [0.25, 0.3) is 5.91 Å². The lowest BCUT2D eigenvalue weighted by Crippen LogP contribution is -2.21. The number of rotatable bonds is 3. The van der Waals surface area contributed by atoms with Gasteiger partial charge in [0.15, 0.2) is 0 Å². The predicted octanol–water partition coefficient (Wildman–Crippen LogP) is 0.187. The lowest BCUT2D eigenvalue weighted by atomic mass is 10.1. The molecule has 0 aromatic rings. The third-order valence-electron chi connectivity index (χ3n) is 1.74. The van der Waals surface area contributed by atoms with E-state index in [0.717, 1.165) is 0 Å². The van der Waals surface area contributed by atoms with E-state index in [1.165, 1.54) is 0 Å². The Morgan fingerprint density at radius 1 is 1.43 bits per heavy atom. The van der Waals surface area contributed by atoms with Crippen LogP contribution < -0.4 is 5.48 Å². The molecule has 7 nitrogen and oxygen atoms in total. The molecule has 0 aliphatic carbocycles. The van der Waals surface area contributed by atoms with E-state index in [2.05, 4.69) is 4.62 Å². The molecule has 0 aromatic carbocycles. The Balaban J connectivity index is 2.16. The number of aliphatic hydroxyl groups is 1. The molecular formula is C6H8NO6P. The van der Waals surface area contributed by atoms with Gasteiger partial charge in [0, 0.05) is 6.61 Å². The summed E-state index contributed by atoms with van der Waals surface area (Å²) in [6.45, 7) is -0.0530. The Morgan fingerprint density at radius 2 is 2.14 bits per heavy atom. The summed E-state index contributed by atoms with van der Waals surface area (Å²) < 4.78 is 24.9. The van der Waals surface area contributed by atoms with Crippen molar-refractivity contribution in [2.75, 3.05) is 6.61 Å². The van der Waals surface area contributed by atoms with Crippen molar-refractivity contribution < 1.29 is 28.1 Å². The van der Waals surface area contributed by atoms with Gasteiger partial charge < -0.3 is 14.2 Å². The van der Waals surface area contributed by atoms with Crippen molar-refractivity contribution in [3.63, 3.8) is 0 Å². The molecule has 3 aliphatic heterocycles. The highest BCUT2D eigenvalue weighted by Crippen LogP contribution is 2.63. The van der Waals surface area contributed by atoms with Crippen molar-refractivity contribution in [1.29, 1.82) is 0 Å². The summed E-state index contributed by atoms with van der Waals surface area (Å²) in [6.07, 6.45) is 0.671. The molecule has 3 rings (SSSR count). The van der Waals surface area contributed by atoms with E-state index in [1.807, 2.05) is 5.48 Å². The number of fused-ring (bicyclic) bond motifs is 3. The van der Waals surface area contributed by atoms with E-state index in [9.17, 15) is 9.36 Å². The van der Waals surface area contributed by atoms with Crippen molar-refractivity contribution in [2.45, 2.75) is 12.8 Å². The van der Waals surface area contributed by atoms with Crippen LogP contribution >= 0.6 is 7.82 Å². The fourth-order valence-corrected chi connectivity index (χ4v) is 1.99. The summed E-state index contributed by atoms with van der Waals surface area (Å²) >= 11 is 0. The van der Waals surface area contributed by atoms with Crippen LogP contribution in [0.1, 0.15) is 12.8 Å². The Labute approximate surface area is 79.2 Å². The lowest BCUT2D eigenvalue weighted by molar-refractivity contribution is -0.124. The number of nitrogens with one attached hydrogen (secondary N) is 1. The van der Waals surface area contributed by atoms with Gasteiger partial charge in [-0.3, -0.25) is 4.79 Å². The highest BCUT2D eigenvalue weighted by Gasteiger charge is 2.50. The van der Waals surface area contributed by atoms with Gasteiger partial charge in [0.2, 0.25) is 0 Å². The maximum Gasteiger partial charge on any atom is 0.614 e. The first-order valence-electron chi connectivity index (χ1n) is 3.97. The minimum absolute atomic E-state index is 0.0530. The van der Waals surface area contributed by atoms with Crippen LogP contribution in [0.2, 0.25) is 0 Å². The number of phosphoric ester groups is 1. The molecule has 0 aromatic heterocycles. The second kappa shape index (κ2) is 3.27. The van der Waals surface area contributed by atoms with Crippen LogP contribution in [0.25, 0.3) is 0 Å². The smallest absolute Gasteiger partial charge is 0.396 e. The third kappa shape index (κ3) is 1.50. The van der Waals surface area contributed by atoms with Crippen LogP contribution in [0, 0.1) is 0 Å². The number of hydroxylamine groups is 1. The summed E-state index contributed by atoms with van der Waals surface area (Å²) in [5, 5.41) is 8.58. The average Bonchev–Trinajstić information content (AvgIpc) is 2.29. The first-order valence-corrected chi connectivity index (χ1v) is 5.43. The van der Waals surface area contributed by atoms with Crippen molar-refractivity contribution in [2.24, 2.45) is 0 Å². The zero-order valence-corrected chi connectivity index (χ0v) is 7.95. The van der Waals surface area contributed by atoms with Crippen molar-refractivity contribution in [3.05, 3.63) is 11.5 Å². The molecular weight excluding hydrogens is 213 g/mol. The van der Waals surface area contributed by atoms with Gasteiger partial charge in [0.1, 0.15) is 5.57 Å². The van der Waals surface area contributed by atoms with E-state index in [0.29, 0.717) is 6.42 Å². The molecule has 2 bridgehead atoms. The normalized spacial score (nSPS) is 22.8. The Morgan fingerprint density at radius 3 is 2.79 bits per heavy atom. The molecule has 0 saturated carbocycles. The van der Waals surface area contributed by atoms with Crippen LogP contribution in [-0.2, 0) is 23.0 Å². The van der Waals surface area contributed by atoms with Gasteiger partial charge in [-0.15, -0.1) is 4.62 Å². The molecule has 8 heteroatoms. The SMILES string of the molecule is O=C1NOP2(=O)OC(=C1CCCO)O2. The molecule has 3 heterocycles. The monoisotopic (exact) mass is 221 g/mol. The van der Waals surface area contributed by atoms with Crippen LogP contribution in [0.5, 0.6) is 0 Å². The van der Waals surface area contributed by atoms with E-state index in [-0.39, 0.29) is 24.5 Å². The molecule has 3 aliphatic rings. The summed E-state index contributed by atoms with van der Waals surface area (Å²) in [4.78, 5) is 11.2. The van der Waals surface area contributed by atoms with E-state index in [4.69, 9.17) is 14.2 Å². The highest BCUT2D eigenvalue weighted by atomic mass is 31.2. The number of aliphatic hydroxyl groups excluding tert-OH is 1. The van der Waals surface area contributed by atoms with Crippen LogP contribution in [0.4, 0.5) is 0 Å². The van der Waals surface area contributed by atoms with Gasteiger partial charge in [-0.05, 0) is 12.8 Å². The predicted molar refractivity (Wildman–Crippen MR) is 42.4 cm³/mol. The zero-order valence-electron chi connectivity index (χ0n) is 7.06. The maximum atomic E-state index is 11.2. The fraction of sp³-hybridized carbons (Fsp3) is 0.500. The number of hydrogen-bond donors (Lipinski definition) is 2. The minimum atomic E-state index is -3.55. The van der Waals surface area contributed by atoms with Crippen LogP contribution in [0.15, 0.2) is 11.5 Å². The Hall–Kier alpha value is -1.04. The summed E-state index contributed by atoms with van der Waals surface area (Å²) in [5.41, 5.74) is 2.14. The van der Waals surface area contributed by atoms with Gasteiger partial charge in [-0.25, -0.2) is 10.0 Å². The molecule has 0 radical (unpaired) electrons. The first kappa shape index (κ1) is 9.51. The largest absolute Gasteiger partial charge is 0.614 e. The quantitative estimate of drug-likeness (QED) is 0.660. The van der Waals surface area contributed by atoms with E-state index < -0.39 is 13.7 Å². The molecule has 1 amide bonds. The van der Waals surface area contributed by atoms with Crippen molar-refractivity contribution in [1.82, 2.24) is 5.48 Å². The second-order valence-electron chi connectivity index (χ2n) is 2.75. The zero-order chi connectivity index (χ0) is 10.2. The average molecular weight is 221 g/mol. The molecule has 14 heavy (non-hydrogen) atoms. The highest BCUT2D eigenvalue weighted by molar-refractivity contribution is 7.50. The standard InChI is InChI=1S/C6H8NO6P/c8-3-1-2-4-5(9)7-13-14(10)11-6(4)12-14/h8H,1-3H2,(H,7,9). The molecule has 1 saturated heterocycles. The van der Waals surface area contributed by atoms with Gasteiger partial charge >= 0.3 is 13.8 Å². The number of carbonyl (C=O) groups is 1. The number of amides is 1. The first-order chi connectivity index (χ1) is 6.64. The molecule has 2 N–H and O–H groups in total. The Kier molecular flexibility index (Phi) is 2.22. The molecule has 0 atom stereocenters. The number of hydrogen-bond acceptors (Lipinski definition) is 6. The Bertz CT molecular complexity index is 338. The van der Waals surface area contributed by atoms with Gasteiger partial charge in [0.05, 0.1) is 0 Å². The number of carbonyl (C=O) groups excluding carboxylic acids is 1.